The van der Waals surface area contributed by atoms with Gasteiger partial charge in [-0.2, -0.15) is 0 Å². The van der Waals surface area contributed by atoms with E-state index in [1.807, 2.05) is 0 Å². The molecule has 0 unspecified atom stereocenters. The van der Waals surface area contributed by atoms with Crippen molar-refractivity contribution in [3.8, 4) is 5.75 Å². The van der Waals surface area contributed by atoms with E-state index < -0.39 is 10.8 Å². The molecule has 2 aromatic rings. The molecule has 1 aliphatic rings. The van der Waals surface area contributed by atoms with Crippen LogP contribution in [0.25, 0.3) is 0 Å². The van der Waals surface area contributed by atoms with Gasteiger partial charge in [-0.3, -0.25) is 19.7 Å². The number of methoxy groups -OCH3 is 1. The maximum absolute atomic E-state index is 12.5. The van der Waals surface area contributed by atoms with Crippen molar-refractivity contribution >= 4 is 44.8 Å². The van der Waals surface area contributed by atoms with Gasteiger partial charge in [0.25, 0.3) is 5.69 Å². The monoisotopic (exact) mass is 433 g/mol. The Bertz CT molecular complexity index is 900. The Kier molecular flexibility index (Phi) is 5.41. The van der Waals surface area contributed by atoms with E-state index >= 15 is 0 Å². The van der Waals surface area contributed by atoms with Gasteiger partial charge in [0.1, 0.15) is 5.75 Å². The van der Waals surface area contributed by atoms with Gasteiger partial charge in [-0.1, -0.05) is 0 Å². The molecule has 0 saturated carbocycles. The van der Waals surface area contributed by atoms with Crippen molar-refractivity contribution in [1.82, 2.24) is 0 Å². The zero-order chi connectivity index (χ0) is 19.6. The molecule has 0 aromatic heterocycles. The molecule has 0 radical (unpaired) electrons. The van der Waals surface area contributed by atoms with Crippen molar-refractivity contribution in [2.24, 2.45) is 5.92 Å². The second-order valence-corrected chi connectivity index (χ2v) is 6.87. The van der Waals surface area contributed by atoms with Crippen LogP contribution in [0.5, 0.6) is 5.75 Å². The number of nitrogens with zero attached hydrogens (tertiary/aromatic N) is 2. The zero-order valence-electron chi connectivity index (χ0n) is 14.3. The lowest BCUT2D eigenvalue weighted by atomic mass is 10.1. The number of anilines is 2. The largest absolute Gasteiger partial charge is 0.497 e. The smallest absolute Gasteiger partial charge is 0.270 e. The summed E-state index contributed by atoms with van der Waals surface area (Å²) in [4.78, 5) is 36.7. The van der Waals surface area contributed by atoms with Crippen LogP contribution in [0.2, 0.25) is 0 Å². The van der Waals surface area contributed by atoms with Gasteiger partial charge in [0.15, 0.2) is 0 Å². The van der Waals surface area contributed by atoms with E-state index in [9.17, 15) is 19.7 Å². The Balaban J connectivity index is 1.69. The average molecular weight is 434 g/mol. The first-order chi connectivity index (χ1) is 12.9. The number of nitrogens with one attached hydrogen (secondary N) is 1. The van der Waals surface area contributed by atoms with E-state index in [4.69, 9.17) is 4.74 Å². The van der Waals surface area contributed by atoms with Gasteiger partial charge in [0.2, 0.25) is 11.8 Å². The molecule has 140 valence electrons. The zero-order valence-corrected chi connectivity index (χ0v) is 15.9. The van der Waals surface area contributed by atoms with Gasteiger partial charge in [-0.25, -0.2) is 0 Å². The number of amides is 2. The van der Waals surface area contributed by atoms with Crippen molar-refractivity contribution in [2.75, 3.05) is 23.9 Å². The highest BCUT2D eigenvalue weighted by Gasteiger charge is 2.35. The molecule has 27 heavy (non-hydrogen) atoms. The average Bonchev–Trinajstić information content (AvgIpc) is 3.05. The highest BCUT2D eigenvalue weighted by molar-refractivity contribution is 9.10. The van der Waals surface area contributed by atoms with Crippen LogP contribution < -0.4 is 15.0 Å². The quantitative estimate of drug-likeness (QED) is 0.575. The van der Waals surface area contributed by atoms with Crippen molar-refractivity contribution in [3.63, 3.8) is 0 Å². The Hall–Kier alpha value is -2.94. The minimum atomic E-state index is -0.515. The van der Waals surface area contributed by atoms with Crippen molar-refractivity contribution in [1.29, 1.82) is 0 Å². The summed E-state index contributed by atoms with van der Waals surface area (Å²) in [5.74, 6) is -0.276. The third kappa shape index (κ3) is 4.08. The van der Waals surface area contributed by atoms with Crippen molar-refractivity contribution in [2.45, 2.75) is 6.42 Å². The van der Waals surface area contributed by atoms with E-state index in [0.29, 0.717) is 21.6 Å². The SMILES string of the molecule is COc1ccc(N2C[C@H](C(=O)Nc3ccc([N+](=O)[O-])cc3Br)CC2=O)cc1. The molecule has 2 aromatic carbocycles. The number of non-ortho nitro benzene ring substituents is 1. The summed E-state index contributed by atoms with van der Waals surface area (Å²) in [6.45, 7) is 0.265. The lowest BCUT2D eigenvalue weighted by Crippen LogP contribution is -2.28. The molecule has 0 spiro atoms. The van der Waals surface area contributed by atoms with Crippen LogP contribution in [0, 0.1) is 16.0 Å². The molecule has 8 nitrogen and oxygen atoms in total. The third-order valence-electron chi connectivity index (χ3n) is 4.30. The maximum Gasteiger partial charge on any atom is 0.270 e. The maximum atomic E-state index is 12.5. The highest BCUT2D eigenvalue weighted by Crippen LogP contribution is 2.30. The summed E-state index contributed by atoms with van der Waals surface area (Å²) in [5.41, 5.74) is 1.04. The number of benzene rings is 2. The first kappa shape index (κ1) is 18.8. The fourth-order valence-corrected chi connectivity index (χ4v) is 3.31. The molecule has 1 heterocycles. The minimum absolute atomic E-state index is 0.0819. The summed E-state index contributed by atoms with van der Waals surface area (Å²) < 4.78 is 5.51. The van der Waals surface area contributed by atoms with Crippen LogP contribution in [0.15, 0.2) is 46.9 Å². The summed E-state index contributed by atoms with van der Waals surface area (Å²) in [6, 6.07) is 11.1. The van der Waals surface area contributed by atoms with Gasteiger partial charge in [-0.05, 0) is 46.3 Å². The molecular formula is C18H16BrN3O5. The van der Waals surface area contributed by atoms with Crippen LogP contribution in [0.3, 0.4) is 0 Å². The number of ether oxygens (including phenoxy) is 1. The molecule has 1 fully saturated rings. The lowest BCUT2D eigenvalue weighted by molar-refractivity contribution is -0.384. The molecule has 3 rings (SSSR count). The molecule has 1 aliphatic heterocycles. The number of hydrogen-bond acceptors (Lipinski definition) is 5. The number of carbonyl (C=O) groups excluding carboxylic acids is 2. The van der Waals surface area contributed by atoms with Crippen LogP contribution in [-0.4, -0.2) is 30.4 Å². The first-order valence-corrected chi connectivity index (χ1v) is 8.87. The minimum Gasteiger partial charge on any atom is -0.497 e. The fourth-order valence-electron chi connectivity index (χ4n) is 2.85. The Morgan fingerprint density at radius 1 is 1.30 bits per heavy atom. The van der Waals surface area contributed by atoms with Crippen molar-refractivity contribution in [3.05, 3.63) is 57.1 Å². The Labute approximate surface area is 163 Å². The molecule has 1 atom stereocenters. The van der Waals surface area contributed by atoms with E-state index in [2.05, 4.69) is 21.2 Å². The van der Waals surface area contributed by atoms with Gasteiger partial charge >= 0.3 is 0 Å². The van der Waals surface area contributed by atoms with Gasteiger partial charge in [0.05, 0.1) is 23.6 Å². The first-order valence-electron chi connectivity index (χ1n) is 8.08. The normalized spacial score (nSPS) is 16.3. The fraction of sp³-hybridized carbons (Fsp3) is 0.222. The molecule has 9 heteroatoms. The number of nitro groups is 1. The predicted molar refractivity (Wildman–Crippen MR) is 103 cm³/mol. The summed E-state index contributed by atoms with van der Waals surface area (Å²) in [7, 11) is 1.56. The Morgan fingerprint density at radius 3 is 2.59 bits per heavy atom. The van der Waals surface area contributed by atoms with Crippen LogP contribution in [0.4, 0.5) is 17.1 Å². The molecule has 1 N–H and O–H groups in total. The van der Waals surface area contributed by atoms with Gasteiger partial charge < -0.3 is 15.0 Å². The van der Waals surface area contributed by atoms with Crippen LogP contribution >= 0.6 is 15.9 Å². The second kappa shape index (κ2) is 7.75. The second-order valence-electron chi connectivity index (χ2n) is 6.01. The van der Waals surface area contributed by atoms with E-state index in [1.165, 1.54) is 18.2 Å². The van der Waals surface area contributed by atoms with Crippen LogP contribution in [0.1, 0.15) is 6.42 Å². The van der Waals surface area contributed by atoms with Crippen molar-refractivity contribution < 1.29 is 19.2 Å². The number of carbonyl (C=O) groups is 2. The molecule has 2 amide bonds. The van der Waals surface area contributed by atoms with Gasteiger partial charge in [-0.15, -0.1) is 0 Å². The standard InChI is InChI=1S/C18H16BrN3O5/c1-27-14-5-2-12(3-6-14)21-10-11(8-17(21)23)18(24)20-16-7-4-13(22(25)26)9-15(16)19/h2-7,9,11H,8,10H2,1H3,(H,20,24)/t11-/m1/s1. The summed E-state index contributed by atoms with van der Waals surface area (Å²) in [5, 5.41) is 13.5. The van der Waals surface area contributed by atoms with Crippen LogP contribution in [-0.2, 0) is 9.59 Å². The summed E-state index contributed by atoms with van der Waals surface area (Å²) in [6.07, 6.45) is 0.0997. The van der Waals surface area contributed by atoms with E-state index in [1.54, 1.807) is 36.3 Å². The molecule has 0 aliphatic carbocycles. The molecule has 1 saturated heterocycles. The number of nitro benzene ring substituents is 1. The Morgan fingerprint density at radius 2 is 2.00 bits per heavy atom. The number of hydrogen-bond donors (Lipinski definition) is 1. The topological polar surface area (TPSA) is 102 Å². The third-order valence-corrected chi connectivity index (χ3v) is 4.96. The molecular weight excluding hydrogens is 418 g/mol. The molecule has 0 bridgehead atoms. The predicted octanol–water partition coefficient (Wildman–Crippen LogP) is 3.36. The van der Waals surface area contributed by atoms with E-state index in [0.717, 1.165) is 0 Å². The number of halogens is 1. The van der Waals surface area contributed by atoms with E-state index in [-0.39, 0.29) is 30.5 Å². The number of rotatable bonds is 5. The lowest BCUT2D eigenvalue weighted by Gasteiger charge is -2.17. The highest BCUT2D eigenvalue weighted by atomic mass is 79.9. The van der Waals surface area contributed by atoms with Gasteiger partial charge in [0, 0.05) is 35.3 Å². The summed E-state index contributed by atoms with van der Waals surface area (Å²) >= 11 is 3.22.